The van der Waals surface area contributed by atoms with Gasteiger partial charge in [-0.3, -0.25) is 0 Å². The van der Waals surface area contributed by atoms with Crippen LogP contribution in [0.2, 0.25) is 0 Å². The van der Waals surface area contributed by atoms with Gasteiger partial charge < -0.3 is 9.32 Å². The van der Waals surface area contributed by atoms with Crippen LogP contribution in [-0.2, 0) is 0 Å². The van der Waals surface area contributed by atoms with Crippen molar-refractivity contribution >= 4 is 28.8 Å². The SMILES string of the molecule is CN(C)c1ccc(/C=C/c2cc3ccccc3o2)cc1. The van der Waals surface area contributed by atoms with Crippen molar-refractivity contribution in [2.45, 2.75) is 0 Å². The Labute approximate surface area is 118 Å². The molecule has 2 heteroatoms. The maximum Gasteiger partial charge on any atom is 0.134 e. The van der Waals surface area contributed by atoms with Crippen LogP contribution < -0.4 is 4.90 Å². The highest BCUT2D eigenvalue weighted by atomic mass is 16.3. The normalized spacial score (nSPS) is 11.3. The molecule has 0 saturated heterocycles. The number of anilines is 1. The third-order valence-corrected chi connectivity index (χ3v) is 3.29. The smallest absolute Gasteiger partial charge is 0.134 e. The Balaban J connectivity index is 1.82. The molecule has 0 saturated carbocycles. The molecule has 0 unspecified atom stereocenters. The fraction of sp³-hybridized carbons (Fsp3) is 0.111. The zero-order chi connectivity index (χ0) is 13.9. The monoisotopic (exact) mass is 263 g/mol. The van der Waals surface area contributed by atoms with E-state index in [1.54, 1.807) is 0 Å². The summed E-state index contributed by atoms with van der Waals surface area (Å²) in [6, 6.07) is 18.5. The van der Waals surface area contributed by atoms with Gasteiger partial charge in [-0.25, -0.2) is 0 Å². The Morgan fingerprint density at radius 1 is 0.900 bits per heavy atom. The number of para-hydroxylation sites is 1. The molecule has 1 heterocycles. The third kappa shape index (κ3) is 2.59. The van der Waals surface area contributed by atoms with Gasteiger partial charge in [0.2, 0.25) is 0 Å². The van der Waals surface area contributed by atoms with Gasteiger partial charge in [-0.1, -0.05) is 36.4 Å². The Hall–Kier alpha value is -2.48. The van der Waals surface area contributed by atoms with Crippen LogP contribution in [0.4, 0.5) is 5.69 Å². The van der Waals surface area contributed by atoms with Crippen LogP contribution >= 0.6 is 0 Å². The molecule has 0 aliphatic rings. The number of nitrogens with zero attached hydrogens (tertiary/aromatic N) is 1. The fourth-order valence-electron chi connectivity index (χ4n) is 2.15. The molecule has 1 aromatic heterocycles. The second-order valence-corrected chi connectivity index (χ2v) is 5.01. The summed E-state index contributed by atoms with van der Waals surface area (Å²) >= 11 is 0. The van der Waals surface area contributed by atoms with E-state index in [9.17, 15) is 0 Å². The highest BCUT2D eigenvalue weighted by Crippen LogP contribution is 2.21. The second-order valence-electron chi connectivity index (χ2n) is 5.01. The minimum absolute atomic E-state index is 0.878. The average Bonchev–Trinajstić information content (AvgIpc) is 2.88. The van der Waals surface area contributed by atoms with Crippen LogP contribution in [0.5, 0.6) is 0 Å². The van der Waals surface area contributed by atoms with Gasteiger partial charge in [0.25, 0.3) is 0 Å². The van der Waals surface area contributed by atoms with Crippen LogP contribution in [0, 0.1) is 0 Å². The molecule has 3 rings (SSSR count). The summed E-state index contributed by atoms with van der Waals surface area (Å²) in [5.74, 6) is 0.878. The van der Waals surface area contributed by atoms with E-state index in [-0.39, 0.29) is 0 Å². The molecule has 100 valence electrons. The van der Waals surface area contributed by atoms with E-state index in [0.717, 1.165) is 22.3 Å². The quantitative estimate of drug-likeness (QED) is 0.682. The van der Waals surface area contributed by atoms with Crippen molar-refractivity contribution in [1.82, 2.24) is 0 Å². The Morgan fingerprint density at radius 2 is 1.65 bits per heavy atom. The average molecular weight is 263 g/mol. The Morgan fingerprint density at radius 3 is 2.35 bits per heavy atom. The standard InChI is InChI=1S/C18H17NO/c1-19(2)16-10-7-14(8-11-16)9-12-17-13-15-5-3-4-6-18(15)20-17/h3-13H,1-2H3/b12-9+. The van der Waals surface area contributed by atoms with Gasteiger partial charge >= 0.3 is 0 Å². The summed E-state index contributed by atoms with van der Waals surface area (Å²) in [6.45, 7) is 0. The summed E-state index contributed by atoms with van der Waals surface area (Å²) in [5.41, 5.74) is 3.29. The second kappa shape index (κ2) is 5.25. The molecular weight excluding hydrogens is 246 g/mol. The van der Waals surface area contributed by atoms with Crippen LogP contribution in [0.25, 0.3) is 23.1 Å². The topological polar surface area (TPSA) is 16.4 Å². The van der Waals surface area contributed by atoms with Gasteiger partial charge in [0.05, 0.1) is 0 Å². The highest BCUT2D eigenvalue weighted by molar-refractivity contribution is 5.81. The molecule has 3 aromatic rings. The summed E-state index contributed by atoms with van der Waals surface area (Å²) in [6.07, 6.45) is 4.07. The van der Waals surface area contributed by atoms with Crippen molar-refractivity contribution in [3.63, 3.8) is 0 Å². The van der Waals surface area contributed by atoms with Crippen LogP contribution in [-0.4, -0.2) is 14.1 Å². The maximum absolute atomic E-state index is 5.76. The van der Waals surface area contributed by atoms with Gasteiger partial charge in [-0.2, -0.15) is 0 Å². The van der Waals surface area contributed by atoms with E-state index < -0.39 is 0 Å². The third-order valence-electron chi connectivity index (χ3n) is 3.29. The molecule has 20 heavy (non-hydrogen) atoms. The first kappa shape index (κ1) is 12.5. The fourth-order valence-corrected chi connectivity index (χ4v) is 2.15. The number of benzene rings is 2. The molecule has 0 spiro atoms. The van der Waals surface area contributed by atoms with E-state index in [1.165, 1.54) is 5.69 Å². The Bertz CT molecular complexity index is 702. The molecule has 2 aromatic carbocycles. The lowest BCUT2D eigenvalue weighted by atomic mass is 10.2. The first-order valence-electron chi connectivity index (χ1n) is 6.66. The van der Waals surface area contributed by atoms with E-state index in [4.69, 9.17) is 4.42 Å². The lowest BCUT2D eigenvalue weighted by molar-refractivity contribution is 0.604. The molecule has 0 fully saturated rings. The summed E-state index contributed by atoms with van der Waals surface area (Å²) in [5, 5.41) is 1.13. The molecule has 0 aliphatic heterocycles. The summed E-state index contributed by atoms with van der Waals surface area (Å²) < 4.78 is 5.76. The first-order valence-corrected chi connectivity index (χ1v) is 6.66. The van der Waals surface area contributed by atoms with Gasteiger partial charge in [-0.15, -0.1) is 0 Å². The largest absolute Gasteiger partial charge is 0.457 e. The predicted octanol–water partition coefficient (Wildman–Crippen LogP) is 4.67. The van der Waals surface area contributed by atoms with Crippen LogP contribution in [0.1, 0.15) is 11.3 Å². The van der Waals surface area contributed by atoms with Crippen LogP contribution in [0.15, 0.2) is 59.0 Å². The maximum atomic E-state index is 5.76. The van der Waals surface area contributed by atoms with Crippen molar-refractivity contribution in [3.05, 3.63) is 65.9 Å². The molecule has 0 aliphatic carbocycles. The zero-order valence-corrected chi connectivity index (χ0v) is 11.7. The van der Waals surface area contributed by atoms with Crippen molar-refractivity contribution in [2.75, 3.05) is 19.0 Å². The van der Waals surface area contributed by atoms with Gasteiger partial charge in [0.15, 0.2) is 0 Å². The molecule has 0 amide bonds. The lowest BCUT2D eigenvalue weighted by Crippen LogP contribution is -2.07. The van der Waals surface area contributed by atoms with E-state index >= 15 is 0 Å². The van der Waals surface area contributed by atoms with Crippen LogP contribution in [0.3, 0.4) is 0 Å². The van der Waals surface area contributed by atoms with Gasteiger partial charge in [0.1, 0.15) is 11.3 Å². The number of hydrogen-bond acceptors (Lipinski definition) is 2. The van der Waals surface area contributed by atoms with E-state index in [1.807, 2.05) is 38.4 Å². The number of hydrogen-bond donors (Lipinski definition) is 0. The van der Waals surface area contributed by atoms with Crippen molar-refractivity contribution < 1.29 is 4.42 Å². The van der Waals surface area contributed by atoms with Crippen molar-refractivity contribution in [2.24, 2.45) is 0 Å². The number of furan rings is 1. The lowest BCUT2D eigenvalue weighted by Gasteiger charge is -2.11. The van der Waals surface area contributed by atoms with E-state index in [2.05, 4.69) is 47.4 Å². The molecule has 0 radical (unpaired) electrons. The van der Waals surface area contributed by atoms with Crippen molar-refractivity contribution in [1.29, 1.82) is 0 Å². The number of rotatable bonds is 3. The summed E-state index contributed by atoms with van der Waals surface area (Å²) in [7, 11) is 4.08. The zero-order valence-electron chi connectivity index (χ0n) is 11.7. The molecule has 0 atom stereocenters. The highest BCUT2D eigenvalue weighted by Gasteiger charge is 1.99. The first-order chi connectivity index (χ1) is 9.72. The molecular formula is C18H17NO. The van der Waals surface area contributed by atoms with E-state index in [0.29, 0.717) is 0 Å². The minimum atomic E-state index is 0.878. The minimum Gasteiger partial charge on any atom is -0.457 e. The Kier molecular flexibility index (Phi) is 3.30. The molecule has 2 nitrogen and oxygen atoms in total. The summed E-state index contributed by atoms with van der Waals surface area (Å²) in [4.78, 5) is 2.09. The van der Waals surface area contributed by atoms with Gasteiger partial charge in [-0.05, 0) is 35.9 Å². The number of fused-ring (bicyclic) bond motifs is 1. The predicted molar refractivity (Wildman–Crippen MR) is 85.9 cm³/mol. The van der Waals surface area contributed by atoms with Gasteiger partial charge in [0, 0.05) is 25.2 Å². The molecule has 0 N–H and O–H groups in total. The van der Waals surface area contributed by atoms with Crippen molar-refractivity contribution in [3.8, 4) is 0 Å². The molecule has 0 bridgehead atoms.